The van der Waals surface area contributed by atoms with E-state index in [2.05, 4.69) is 33.4 Å². The number of unbranched alkanes of at least 4 members (excludes halogenated alkanes) is 3. The number of hydrogen-bond acceptors (Lipinski definition) is 3. The number of carbonyl (C=O) groups excluding carboxylic acids is 1. The van der Waals surface area contributed by atoms with E-state index in [0.29, 0.717) is 17.2 Å². The summed E-state index contributed by atoms with van der Waals surface area (Å²) in [6.45, 7) is 2.85. The Balaban J connectivity index is 1.96. The second-order valence-electron chi connectivity index (χ2n) is 5.80. The lowest BCUT2D eigenvalue weighted by Gasteiger charge is -2.09. The van der Waals surface area contributed by atoms with Gasteiger partial charge in [-0.05, 0) is 48.9 Å². The van der Waals surface area contributed by atoms with Crippen LogP contribution in [0.4, 0.5) is 0 Å². The molecule has 0 saturated carbocycles. The van der Waals surface area contributed by atoms with Crippen molar-refractivity contribution in [1.29, 1.82) is 0 Å². The summed E-state index contributed by atoms with van der Waals surface area (Å²) >= 11 is 9.27. The second kappa shape index (κ2) is 11.0. The normalized spacial score (nSPS) is 10.9. The molecule has 4 nitrogen and oxygen atoms in total. The van der Waals surface area contributed by atoms with E-state index in [0.717, 1.165) is 28.6 Å². The van der Waals surface area contributed by atoms with Crippen LogP contribution in [-0.2, 0) is 0 Å². The predicted molar refractivity (Wildman–Crippen MR) is 110 cm³/mol. The molecule has 0 unspecified atom stereocenters. The number of hydrazone groups is 1. The molecule has 1 amide bonds. The first kappa shape index (κ1) is 20.5. The third-order valence-electron chi connectivity index (χ3n) is 3.70. The highest BCUT2D eigenvalue weighted by Gasteiger charge is 2.05. The summed E-state index contributed by atoms with van der Waals surface area (Å²) in [4.78, 5) is 12.1. The van der Waals surface area contributed by atoms with Gasteiger partial charge in [0.2, 0.25) is 0 Å². The Hall–Kier alpha value is -1.85. The van der Waals surface area contributed by atoms with Gasteiger partial charge in [0.1, 0.15) is 5.75 Å². The van der Waals surface area contributed by atoms with Gasteiger partial charge in [0.15, 0.2) is 0 Å². The molecule has 2 rings (SSSR count). The maximum absolute atomic E-state index is 12.1. The first-order valence-corrected chi connectivity index (χ1v) is 9.78. The number of benzene rings is 2. The monoisotopic (exact) mass is 436 g/mol. The van der Waals surface area contributed by atoms with Crippen LogP contribution in [0.2, 0.25) is 5.02 Å². The third-order valence-corrected chi connectivity index (χ3v) is 4.45. The maximum atomic E-state index is 12.1. The van der Waals surface area contributed by atoms with E-state index in [1.165, 1.54) is 12.8 Å². The predicted octanol–water partition coefficient (Wildman–Crippen LogP) is 5.83. The smallest absolute Gasteiger partial charge is 0.271 e. The second-order valence-corrected chi connectivity index (χ2v) is 7.15. The molecule has 0 aliphatic heterocycles. The molecule has 2 aromatic rings. The number of ether oxygens (including phenoxy) is 1. The third kappa shape index (κ3) is 6.81. The van der Waals surface area contributed by atoms with E-state index in [1.54, 1.807) is 30.5 Å². The van der Waals surface area contributed by atoms with Gasteiger partial charge >= 0.3 is 0 Å². The molecule has 0 saturated heterocycles. The number of rotatable bonds is 9. The Morgan fingerprint density at radius 3 is 2.69 bits per heavy atom. The van der Waals surface area contributed by atoms with Gasteiger partial charge in [0, 0.05) is 20.6 Å². The van der Waals surface area contributed by atoms with E-state index in [4.69, 9.17) is 16.3 Å². The summed E-state index contributed by atoms with van der Waals surface area (Å²) in [5, 5.41) is 4.62. The minimum atomic E-state index is -0.296. The summed E-state index contributed by atoms with van der Waals surface area (Å²) in [7, 11) is 0. The fraction of sp³-hybridized carbons (Fsp3) is 0.300. The van der Waals surface area contributed by atoms with Crippen molar-refractivity contribution in [2.75, 3.05) is 6.61 Å². The molecular formula is C20H22BrClN2O2. The summed E-state index contributed by atoms with van der Waals surface area (Å²) in [6.07, 6.45) is 6.18. The van der Waals surface area contributed by atoms with Gasteiger partial charge in [-0.3, -0.25) is 4.79 Å². The molecular weight excluding hydrogens is 416 g/mol. The molecule has 0 fully saturated rings. The van der Waals surface area contributed by atoms with Crippen molar-refractivity contribution in [3.63, 3.8) is 0 Å². The van der Waals surface area contributed by atoms with Gasteiger partial charge in [0.05, 0.1) is 12.8 Å². The van der Waals surface area contributed by atoms with Crippen molar-refractivity contribution in [2.24, 2.45) is 5.10 Å². The first-order valence-electron chi connectivity index (χ1n) is 8.61. The SMILES string of the molecule is CCCCCCOc1ccc(Br)cc1C=NNC(=O)c1ccc(Cl)cc1. The molecule has 0 spiro atoms. The lowest BCUT2D eigenvalue weighted by molar-refractivity contribution is 0.0955. The zero-order chi connectivity index (χ0) is 18.8. The van der Waals surface area contributed by atoms with Crippen LogP contribution in [0.25, 0.3) is 0 Å². The van der Waals surface area contributed by atoms with Gasteiger partial charge < -0.3 is 4.74 Å². The van der Waals surface area contributed by atoms with E-state index >= 15 is 0 Å². The summed E-state index contributed by atoms with van der Waals surface area (Å²) in [5.74, 6) is 0.448. The van der Waals surface area contributed by atoms with Gasteiger partial charge in [-0.2, -0.15) is 5.10 Å². The molecule has 0 bridgehead atoms. The average Bonchev–Trinajstić information content (AvgIpc) is 2.63. The number of halogens is 2. The zero-order valence-corrected chi connectivity index (χ0v) is 17.0. The molecule has 138 valence electrons. The van der Waals surface area contributed by atoms with Crippen LogP contribution in [0.1, 0.15) is 48.5 Å². The standard InChI is InChI=1S/C20H22BrClN2O2/c1-2-3-4-5-12-26-19-11-8-17(21)13-16(19)14-23-24-20(25)15-6-9-18(22)10-7-15/h6-11,13-14H,2-5,12H2,1H3,(H,24,25). The number of amides is 1. The Morgan fingerprint density at radius 1 is 1.19 bits per heavy atom. The molecule has 0 aromatic heterocycles. The Kier molecular flexibility index (Phi) is 8.65. The van der Waals surface area contributed by atoms with Gasteiger partial charge in [0.25, 0.3) is 5.91 Å². The van der Waals surface area contributed by atoms with Gasteiger partial charge in [-0.25, -0.2) is 5.43 Å². The Labute approximate surface area is 167 Å². The van der Waals surface area contributed by atoms with Crippen molar-refractivity contribution in [3.8, 4) is 5.75 Å². The van der Waals surface area contributed by atoms with Crippen LogP contribution in [0, 0.1) is 0 Å². The highest BCUT2D eigenvalue weighted by molar-refractivity contribution is 9.10. The van der Waals surface area contributed by atoms with Crippen molar-refractivity contribution in [3.05, 3.63) is 63.1 Å². The lowest BCUT2D eigenvalue weighted by Crippen LogP contribution is -2.17. The molecule has 6 heteroatoms. The highest BCUT2D eigenvalue weighted by Crippen LogP contribution is 2.22. The van der Waals surface area contributed by atoms with Crippen molar-refractivity contribution < 1.29 is 9.53 Å². The lowest BCUT2D eigenvalue weighted by atomic mass is 10.2. The van der Waals surface area contributed by atoms with E-state index in [9.17, 15) is 4.79 Å². The fourth-order valence-electron chi connectivity index (χ4n) is 2.29. The Bertz CT molecular complexity index is 748. The fourth-order valence-corrected chi connectivity index (χ4v) is 2.79. The van der Waals surface area contributed by atoms with Crippen molar-refractivity contribution in [2.45, 2.75) is 32.6 Å². The van der Waals surface area contributed by atoms with Crippen LogP contribution in [0.15, 0.2) is 52.0 Å². The Morgan fingerprint density at radius 2 is 1.96 bits per heavy atom. The topological polar surface area (TPSA) is 50.7 Å². The van der Waals surface area contributed by atoms with Crippen molar-refractivity contribution in [1.82, 2.24) is 5.43 Å². The van der Waals surface area contributed by atoms with Crippen molar-refractivity contribution >= 4 is 39.7 Å². The molecule has 0 aliphatic carbocycles. The summed E-state index contributed by atoms with van der Waals surface area (Å²) in [6, 6.07) is 12.4. The van der Waals surface area contributed by atoms with E-state index in [-0.39, 0.29) is 5.91 Å². The van der Waals surface area contributed by atoms with Crippen LogP contribution in [0.5, 0.6) is 5.75 Å². The molecule has 0 aliphatic rings. The molecule has 2 aromatic carbocycles. The van der Waals surface area contributed by atoms with Crippen LogP contribution >= 0.6 is 27.5 Å². The summed E-state index contributed by atoms with van der Waals surface area (Å²) in [5.41, 5.74) is 3.81. The quantitative estimate of drug-likeness (QED) is 0.305. The van der Waals surface area contributed by atoms with Gasteiger partial charge in [-0.1, -0.05) is 53.7 Å². The molecule has 0 heterocycles. The van der Waals surface area contributed by atoms with Crippen LogP contribution in [-0.4, -0.2) is 18.7 Å². The molecule has 1 N–H and O–H groups in total. The highest BCUT2D eigenvalue weighted by atomic mass is 79.9. The van der Waals surface area contributed by atoms with Crippen LogP contribution in [0.3, 0.4) is 0 Å². The van der Waals surface area contributed by atoms with Crippen LogP contribution < -0.4 is 10.2 Å². The molecule has 26 heavy (non-hydrogen) atoms. The zero-order valence-electron chi connectivity index (χ0n) is 14.7. The summed E-state index contributed by atoms with van der Waals surface area (Å²) < 4.78 is 6.77. The minimum Gasteiger partial charge on any atom is -0.493 e. The molecule has 0 atom stereocenters. The van der Waals surface area contributed by atoms with Gasteiger partial charge in [-0.15, -0.1) is 0 Å². The average molecular weight is 438 g/mol. The first-order chi connectivity index (χ1) is 12.6. The number of hydrogen-bond donors (Lipinski definition) is 1. The largest absolute Gasteiger partial charge is 0.493 e. The van der Waals surface area contributed by atoms with E-state index < -0.39 is 0 Å². The number of nitrogens with one attached hydrogen (secondary N) is 1. The minimum absolute atomic E-state index is 0.296. The number of carbonyl (C=O) groups is 1. The maximum Gasteiger partial charge on any atom is 0.271 e. The molecule has 0 radical (unpaired) electrons. The van der Waals surface area contributed by atoms with E-state index in [1.807, 2.05) is 18.2 Å². The number of nitrogens with zero attached hydrogens (tertiary/aromatic N) is 1.